The van der Waals surface area contributed by atoms with Crippen LogP contribution in [0.5, 0.6) is 0 Å². The van der Waals surface area contributed by atoms with Crippen LogP contribution in [0.1, 0.15) is 182 Å². The van der Waals surface area contributed by atoms with E-state index in [1.165, 1.54) is 83.5 Å². The largest absolute Gasteiger partial charge is 0.462 e. The first-order valence-electron chi connectivity index (χ1n) is 21.0. The second-order valence-corrected chi connectivity index (χ2v) is 17.6. The molecular formula is C43H76N2O3. The van der Waals surface area contributed by atoms with E-state index in [2.05, 4.69) is 40.7 Å². The fourth-order valence-corrected chi connectivity index (χ4v) is 10.9. The Bertz CT molecular complexity index is 1020. The molecule has 1 amide bonds. The van der Waals surface area contributed by atoms with Gasteiger partial charge in [0.25, 0.3) is 0 Å². The van der Waals surface area contributed by atoms with Crippen molar-refractivity contribution in [3.8, 4) is 0 Å². The number of unbranched alkanes of at least 4 members (excludes halogenated alkanes) is 7. The molecule has 5 heteroatoms. The minimum Gasteiger partial charge on any atom is -0.462 e. The number of esters is 1. The van der Waals surface area contributed by atoms with Gasteiger partial charge in [0.05, 0.1) is 0 Å². The molecule has 0 aliphatic heterocycles. The summed E-state index contributed by atoms with van der Waals surface area (Å²) in [6, 6.07) is 0. The first-order chi connectivity index (χ1) is 23.1. The van der Waals surface area contributed by atoms with Crippen LogP contribution in [0.4, 0.5) is 0 Å². The Labute approximate surface area is 296 Å². The molecule has 4 rings (SSSR count). The Hall–Kier alpha value is -1.36. The maximum atomic E-state index is 13.1. The predicted octanol–water partition coefficient (Wildman–Crippen LogP) is 10.8. The molecule has 0 aromatic heterocycles. The standard InChI is InChI=1S/C43H76N2O3/c1-6-7-30-45(31-15-11-9-8-10-14-29-44)40(46)19-16-20-41(47)48-36-25-27-43(5)35(32-36)21-23-37-38-24-22-34(18-13-12-17-33(2)3)42(38,4)28-26-39(37)43/h21,33-34,36-39H,6-20,22-32,44H2,1-5H3. The van der Waals surface area contributed by atoms with E-state index in [1.807, 2.05) is 4.90 Å². The normalized spacial score (nSPS) is 31.1. The monoisotopic (exact) mass is 669 g/mol. The summed E-state index contributed by atoms with van der Waals surface area (Å²) in [4.78, 5) is 28.1. The molecule has 48 heavy (non-hydrogen) atoms. The second kappa shape index (κ2) is 19.3. The van der Waals surface area contributed by atoms with Crippen molar-refractivity contribution in [3.63, 3.8) is 0 Å². The number of allylic oxidation sites excluding steroid dienone is 1. The number of hydrogen-bond donors (Lipinski definition) is 1. The van der Waals surface area contributed by atoms with Crippen molar-refractivity contribution >= 4 is 11.9 Å². The Morgan fingerprint density at radius 1 is 0.875 bits per heavy atom. The molecule has 3 saturated carbocycles. The summed E-state index contributed by atoms with van der Waals surface area (Å²) in [5.41, 5.74) is 8.02. The van der Waals surface area contributed by atoms with Crippen LogP contribution in [0.3, 0.4) is 0 Å². The lowest BCUT2D eigenvalue weighted by Gasteiger charge is -2.58. The number of hydrogen-bond acceptors (Lipinski definition) is 4. The number of amides is 1. The third-order valence-electron chi connectivity index (χ3n) is 13.9. The molecule has 276 valence electrons. The molecule has 0 heterocycles. The van der Waals surface area contributed by atoms with Gasteiger partial charge in [0.2, 0.25) is 5.91 Å². The molecule has 4 aliphatic rings. The first-order valence-corrected chi connectivity index (χ1v) is 21.0. The highest BCUT2D eigenvalue weighted by Crippen LogP contribution is 2.66. The molecule has 2 N–H and O–H groups in total. The van der Waals surface area contributed by atoms with Gasteiger partial charge >= 0.3 is 5.97 Å². The van der Waals surface area contributed by atoms with Gasteiger partial charge in [0, 0.05) is 32.4 Å². The highest BCUT2D eigenvalue weighted by molar-refractivity contribution is 5.77. The average molecular weight is 669 g/mol. The molecule has 7 atom stereocenters. The quantitative estimate of drug-likeness (QED) is 0.0750. The maximum absolute atomic E-state index is 13.1. The number of fused-ring (bicyclic) bond motifs is 5. The molecule has 0 saturated heterocycles. The fourth-order valence-electron chi connectivity index (χ4n) is 10.9. The lowest BCUT2D eigenvalue weighted by atomic mass is 9.47. The van der Waals surface area contributed by atoms with E-state index in [-0.39, 0.29) is 23.4 Å². The highest BCUT2D eigenvalue weighted by Gasteiger charge is 2.58. The molecule has 0 spiro atoms. The van der Waals surface area contributed by atoms with Crippen LogP contribution < -0.4 is 5.73 Å². The topological polar surface area (TPSA) is 72.6 Å². The molecule has 0 radical (unpaired) electrons. The van der Waals surface area contributed by atoms with Crippen LogP contribution in [0.15, 0.2) is 11.6 Å². The van der Waals surface area contributed by atoms with Gasteiger partial charge in [-0.25, -0.2) is 0 Å². The van der Waals surface area contributed by atoms with Gasteiger partial charge in [0.15, 0.2) is 0 Å². The lowest BCUT2D eigenvalue weighted by Crippen LogP contribution is -2.50. The van der Waals surface area contributed by atoms with Gasteiger partial charge in [-0.3, -0.25) is 9.59 Å². The number of rotatable bonds is 21. The van der Waals surface area contributed by atoms with E-state index in [9.17, 15) is 9.59 Å². The van der Waals surface area contributed by atoms with Crippen molar-refractivity contribution in [3.05, 3.63) is 11.6 Å². The zero-order valence-corrected chi connectivity index (χ0v) is 32.2. The van der Waals surface area contributed by atoms with E-state index in [0.717, 1.165) is 94.2 Å². The summed E-state index contributed by atoms with van der Waals surface area (Å²) >= 11 is 0. The number of carbonyl (C=O) groups is 2. The molecular weight excluding hydrogens is 592 g/mol. The zero-order chi connectivity index (χ0) is 34.6. The molecule has 7 unspecified atom stereocenters. The van der Waals surface area contributed by atoms with Crippen LogP contribution >= 0.6 is 0 Å². The Morgan fingerprint density at radius 3 is 2.38 bits per heavy atom. The zero-order valence-electron chi connectivity index (χ0n) is 32.2. The smallest absolute Gasteiger partial charge is 0.306 e. The summed E-state index contributed by atoms with van der Waals surface area (Å²) in [6.07, 6.45) is 28.8. The summed E-state index contributed by atoms with van der Waals surface area (Å²) in [6.45, 7) is 14.6. The van der Waals surface area contributed by atoms with E-state index in [4.69, 9.17) is 10.5 Å². The summed E-state index contributed by atoms with van der Waals surface area (Å²) in [5.74, 6) is 4.39. The number of carbonyl (C=O) groups excluding carboxylic acids is 2. The third-order valence-corrected chi connectivity index (χ3v) is 13.9. The molecule has 0 aromatic carbocycles. The van der Waals surface area contributed by atoms with Gasteiger partial charge in [-0.15, -0.1) is 0 Å². The molecule has 0 aromatic rings. The highest BCUT2D eigenvalue weighted by atomic mass is 16.5. The Kier molecular flexibility index (Phi) is 15.9. The van der Waals surface area contributed by atoms with Gasteiger partial charge in [0.1, 0.15) is 6.10 Å². The van der Waals surface area contributed by atoms with E-state index < -0.39 is 0 Å². The lowest BCUT2D eigenvalue weighted by molar-refractivity contribution is -0.151. The Morgan fingerprint density at radius 2 is 1.62 bits per heavy atom. The van der Waals surface area contributed by atoms with Crippen molar-refractivity contribution in [2.75, 3.05) is 19.6 Å². The van der Waals surface area contributed by atoms with Gasteiger partial charge in [-0.2, -0.15) is 0 Å². The minimum absolute atomic E-state index is 0.00513. The van der Waals surface area contributed by atoms with E-state index >= 15 is 0 Å². The Balaban J connectivity index is 1.20. The average Bonchev–Trinajstić information content (AvgIpc) is 3.40. The molecule has 5 nitrogen and oxygen atoms in total. The van der Waals surface area contributed by atoms with Crippen LogP contribution in [0.2, 0.25) is 0 Å². The fraction of sp³-hybridized carbons (Fsp3) is 0.907. The van der Waals surface area contributed by atoms with Crippen molar-refractivity contribution in [2.45, 2.75) is 188 Å². The number of nitrogens with two attached hydrogens (primary N) is 1. The van der Waals surface area contributed by atoms with Gasteiger partial charge in [-0.05, 0) is 124 Å². The number of ether oxygens (including phenoxy) is 1. The van der Waals surface area contributed by atoms with Gasteiger partial charge < -0.3 is 15.4 Å². The summed E-state index contributed by atoms with van der Waals surface area (Å²) in [5, 5.41) is 0. The van der Waals surface area contributed by atoms with Crippen molar-refractivity contribution < 1.29 is 14.3 Å². The maximum Gasteiger partial charge on any atom is 0.306 e. The third kappa shape index (κ3) is 10.3. The van der Waals surface area contributed by atoms with Crippen molar-refractivity contribution in [1.29, 1.82) is 0 Å². The van der Waals surface area contributed by atoms with Crippen molar-refractivity contribution in [1.82, 2.24) is 4.90 Å². The minimum atomic E-state index is -0.109. The molecule has 4 aliphatic carbocycles. The SMILES string of the molecule is CCCCN(CCCCCCCCN)C(=O)CCCC(=O)OC1CCC2(C)C(=CCC3C2CCC2(C)C(CCCCC(C)C)CCC32)C1. The number of nitrogens with zero attached hydrogens (tertiary/aromatic N) is 1. The summed E-state index contributed by atoms with van der Waals surface area (Å²) < 4.78 is 6.10. The first kappa shape index (κ1) is 39.4. The summed E-state index contributed by atoms with van der Waals surface area (Å²) in [7, 11) is 0. The second-order valence-electron chi connectivity index (χ2n) is 17.6. The van der Waals surface area contributed by atoms with Crippen molar-refractivity contribution in [2.24, 2.45) is 46.2 Å². The van der Waals surface area contributed by atoms with E-state index in [1.54, 1.807) is 5.57 Å². The van der Waals surface area contributed by atoms with Crippen LogP contribution in [-0.4, -0.2) is 42.5 Å². The predicted molar refractivity (Wildman–Crippen MR) is 200 cm³/mol. The van der Waals surface area contributed by atoms with E-state index in [0.29, 0.717) is 24.7 Å². The van der Waals surface area contributed by atoms with Gasteiger partial charge in [-0.1, -0.05) is 97.6 Å². The van der Waals surface area contributed by atoms with Crippen LogP contribution in [-0.2, 0) is 14.3 Å². The molecule has 3 fully saturated rings. The van der Waals surface area contributed by atoms with Crippen LogP contribution in [0.25, 0.3) is 0 Å². The van der Waals surface area contributed by atoms with Crippen LogP contribution in [0, 0.1) is 40.4 Å². The molecule has 0 bridgehead atoms.